The van der Waals surface area contributed by atoms with Gasteiger partial charge in [0.25, 0.3) is 5.91 Å². The SMILES string of the molecule is O=C(O)[C@H]1CCCN(C(=O)COc2ccc(Cl)cc2Br)C1. The Labute approximate surface area is 136 Å². The molecule has 1 aromatic carbocycles. The summed E-state index contributed by atoms with van der Waals surface area (Å²) in [6.07, 6.45) is 1.32. The number of likely N-dealkylation sites (tertiary alicyclic amines) is 1. The Balaban J connectivity index is 1.90. The zero-order chi connectivity index (χ0) is 15.4. The molecular weight excluding hydrogens is 362 g/mol. The first-order valence-corrected chi connectivity index (χ1v) is 7.73. The van der Waals surface area contributed by atoms with Gasteiger partial charge in [-0.15, -0.1) is 0 Å². The summed E-state index contributed by atoms with van der Waals surface area (Å²) >= 11 is 9.14. The Bertz CT molecular complexity index is 552. The molecule has 1 N–H and O–H groups in total. The first-order valence-electron chi connectivity index (χ1n) is 6.56. The molecule has 2 rings (SSSR count). The number of ether oxygens (including phenoxy) is 1. The lowest BCUT2D eigenvalue weighted by molar-refractivity contribution is -0.146. The van der Waals surface area contributed by atoms with Crippen LogP contribution in [0.2, 0.25) is 5.02 Å². The summed E-state index contributed by atoms with van der Waals surface area (Å²) in [7, 11) is 0. The zero-order valence-corrected chi connectivity index (χ0v) is 13.6. The zero-order valence-electron chi connectivity index (χ0n) is 11.2. The van der Waals surface area contributed by atoms with E-state index in [4.69, 9.17) is 21.4 Å². The van der Waals surface area contributed by atoms with Crippen molar-refractivity contribution in [2.24, 2.45) is 5.92 Å². The number of carboxylic acid groups (broad SMARTS) is 1. The van der Waals surface area contributed by atoms with Crippen molar-refractivity contribution in [3.05, 3.63) is 27.7 Å². The van der Waals surface area contributed by atoms with E-state index in [1.807, 2.05) is 0 Å². The Hall–Kier alpha value is -1.27. The van der Waals surface area contributed by atoms with Crippen LogP contribution in [0, 0.1) is 5.92 Å². The number of rotatable bonds is 4. The van der Waals surface area contributed by atoms with Gasteiger partial charge in [-0.2, -0.15) is 0 Å². The van der Waals surface area contributed by atoms with Gasteiger partial charge >= 0.3 is 5.97 Å². The van der Waals surface area contributed by atoms with Gasteiger partial charge < -0.3 is 14.7 Å². The minimum absolute atomic E-state index is 0.118. The predicted octanol–water partition coefficient (Wildman–Crippen LogP) is 2.80. The lowest BCUT2D eigenvalue weighted by atomic mass is 9.98. The van der Waals surface area contributed by atoms with Crippen LogP contribution in [0.3, 0.4) is 0 Å². The average Bonchev–Trinajstić information content (AvgIpc) is 2.46. The van der Waals surface area contributed by atoms with Crippen molar-refractivity contribution in [2.75, 3.05) is 19.7 Å². The number of amides is 1. The predicted molar refractivity (Wildman–Crippen MR) is 81.6 cm³/mol. The van der Waals surface area contributed by atoms with Gasteiger partial charge in [-0.3, -0.25) is 9.59 Å². The van der Waals surface area contributed by atoms with Crippen LogP contribution in [0.1, 0.15) is 12.8 Å². The maximum Gasteiger partial charge on any atom is 0.308 e. The molecule has 1 saturated heterocycles. The van der Waals surface area contributed by atoms with Crippen molar-refractivity contribution in [2.45, 2.75) is 12.8 Å². The van der Waals surface area contributed by atoms with Gasteiger partial charge in [0.1, 0.15) is 5.75 Å². The van der Waals surface area contributed by atoms with Crippen LogP contribution in [0.15, 0.2) is 22.7 Å². The Morgan fingerprint density at radius 1 is 1.48 bits per heavy atom. The van der Waals surface area contributed by atoms with E-state index in [0.29, 0.717) is 34.6 Å². The monoisotopic (exact) mass is 375 g/mol. The fourth-order valence-electron chi connectivity index (χ4n) is 2.23. The summed E-state index contributed by atoms with van der Waals surface area (Å²) < 4.78 is 6.13. The topological polar surface area (TPSA) is 66.8 Å². The van der Waals surface area contributed by atoms with Crippen LogP contribution in [0.5, 0.6) is 5.75 Å². The van der Waals surface area contributed by atoms with Crippen LogP contribution < -0.4 is 4.74 Å². The van der Waals surface area contributed by atoms with E-state index in [9.17, 15) is 9.59 Å². The fraction of sp³-hybridized carbons (Fsp3) is 0.429. The van der Waals surface area contributed by atoms with E-state index in [1.165, 1.54) is 0 Å². The molecule has 114 valence electrons. The minimum Gasteiger partial charge on any atom is -0.483 e. The molecule has 21 heavy (non-hydrogen) atoms. The van der Waals surface area contributed by atoms with Crippen LogP contribution in [0.4, 0.5) is 0 Å². The molecule has 0 unspecified atom stereocenters. The molecule has 1 atom stereocenters. The van der Waals surface area contributed by atoms with Crippen molar-refractivity contribution < 1.29 is 19.4 Å². The molecule has 1 aliphatic rings. The first-order chi connectivity index (χ1) is 9.97. The van der Waals surface area contributed by atoms with Crippen molar-refractivity contribution in [1.82, 2.24) is 4.90 Å². The Morgan fingerprint density at radius 3 is 2.90 bits per heavy atom. The molecule has 0 saturated carbocycles. The largest absolute Gasteiger partial charge is 0.483 e. The third kappa shape index (κ3) is 4.35. The Kier molecular flexibility index (Phi) is 5.47. The number of piperidine rings is 1. The quantitative estimate of drug-likeness (QED) is 0.877. The van der Waals surface area contributed by atoms with E-state index in [0.717, 1.165) is 0 Å². The van der Waals surface area contributed by atoms with Crippen molar-refractivity contribution >= 4 is 39.4 Å². The minimum atomic E-state index is -0.853. The van der Waals surface area contributed by atoms with Crippen LogP contribution in [-0.4, -0.2) is 41.6 Å². The van der Waals surface area contributed by atoms with E-state index in [2.05, 4.69) is 15.9 Å². The van der Waals surface area contributed by atoms with Crippen molar-refractivity contribution in [1.29, 1.82) is 0 Å². The normalized spacial score (nSPS) is 18.4. The summed E-state index contributed by atoms with van der Waals surface area (Å²) in [4.78, 5) is 24.6. The number of hydrogen-bond acceptors (Lipinski definition) is 3. The van der Waals surface area contributed by atoms with Crippen LogP contribution in [0.25, 0.3) is 0 Å². The molecule has 1 fully saturated rings. The summed E-state index contributed by atoms with van der Waals surface area (Å²) in [5, 5.41) is 9.59. The number of nitrogens with zero attached hydrogens (tertiary/aromatic N) is 1. The van der Waals surface area contributed by atoms with Gasteiger partial charge in [-0.1, -0.05) is 11.6 Å². The van der Waals surface area contributed by atoms with Crippen molar-refractivity contribution in [3.63, 3.8) is 0 Å². The van der Waals surface area contributed by atoms with E-state index in [-0.39, 0.29) is 19.1 Å². The number of halogens is 2. The highest BCUT2D eigenvalue weighted by atomic mass is 79.9. The molecular formula is C14H15BrClNO4. The highest BCUT2D eigenvalue weighted by molar-refractivity contribution is 9.10. The van der Waals surface area contributed by atoms with E-state index >= 15 is 0 Å². The van der Waals surface area contributed by atoms with E-state index in [1.54, 1.807) is 23.1 Å². The highest BCUT2D eigenvalue weighted by Crippen LogP contribution is 2.28. The lowest BCUT2D eigenvalue weighted by Crippen LogP contribution is -2.44. The number of hydrogen-bond donors (Lipinski definition) is 1. The van der Waals surface area contributed by atoms with Gasteiger partial charge in [0, 0.05) is 18.1 Å². The van der Waals surface area contributed by atoms with Crippen LogP contribution in [-0.2, 0) is 9.59 Å². The smallest absolute Gasteiger partial charge is 0.308 e. The highest BCUT2D eigenvalue weighted by Gasteiger charge is 2.28. The second-order valence-corrected chi connectivity index (χ2v) is 6.17. The van der Waals surface area contributed by atoms with E-state index < -0.39 is 11.9 Å². The molecule has 0 aliphatic carbocycles. The lowest BCUT2D eigenvalue weighted by Gasteiger charge is -2.30. The van der Waals surface area contributed by atoms with Crippen LogP contribution >= 0.6 is 27.5 Å². The summed E-state index contributed by atoms with van der Waals surface area (Å²) in [5.41, 5.74) is 0. The van der Waals surface area contributed by atoms with Gasteiger partial charge in [0.05, 0.1) is 10.4 Å². The summed E-state index contributed by atoms with van der Waals surface area (Å²) in [5.74, 6) is -1.01. The summed E-state index contributed by atoms with van der Waals surface area (Å²) in [6, 6.07) is 5.03. The molecule has 1 amide bonds. The molecule has 1 heterocycles. The molecule has 5 nitrogen and oxygen atoms in total. The standard InChI is InChI=1S/C14H15BrClNO4/c15-11-6-10(16)3-4-12(11)21-8-13(18)17-5-1-2-9(7-17)14(19)20/h3-4,6,9H,1-2,5,7-8H2,(H,19,20)/t9-/m0/s1. The van der Waals surface area contributed by atoms with Gasteiger partial charge in [0.15, 0.2) is 6.61 Å². The number of carbonyl (C=O) groups excluding carboxylic acids is 1. The first kappa shape index (κ1) is 16.1. The average molecular weight is 377 g/mol. The molecule has 0 spiro atoms. The molecule has 0 aromatic heterocycles. The molecule has 0 bridgehead atoms. The fourth-order valence-corrected chi connectivity index (χ4v) is 3.03. The van der Waals surface area contributed by atoms with Gasteiger partial charge in [0.2, 0.25) is 0 Å². The third-order valence-electron chi connectivity index (χ3n) is 3.37. The number of aliphatic carboxylic acids is 1. The number of carboxylic acids is 1. The van der Waals surface area contributed by atoms with Gasteiger partial charge in [-0.05, 0) is 47.0 Å². The molecule has 1 aromatic rings. The molecule has 7 heteroatoms. The maximum absolute atomic E-state index is 12.1. The number of benzene rings is 1. The Morgan fingerprint density at radius 2 is 2.24 bits per heavy atom. The molecule has 0 radical (unpaired) electrons. The summed E-state index contributed by atoms with van der Waals surface area (Å²) in [6.45, 7) is 0.708. The third-order valence-corrected chi connectivity index (χ3v) is 4.22. The van der Waals surface area contributed by atoms with Crippen molar-refractivity contribution in [3.8, 4) is 5.75 Å². The molecule has 1 aliphatic heterocycles. The second kappa shape index (κ2) is 7.13. The second-order valence-electron chi connectivity index (χ2n) is 4.88. The maximum atomic E-state index is 12.1. The van der Waals surface area contributed by atoms with Gasteiger partial charge in [-0.25, -0.2) is 0 Å². The number of carbonyl (C=O) groups is 2.